The van der Waals surface area contributed by atoms with E-state index in [1.807, 2.05) is 6.07 Å². The molecule has 0 N–H and O–H groups in total. The second-order valence-electron chi connectivity index (χ2n) is 4.50. The lowest BCUT2D eigenvalue weighted by molar-refractivity contribution is -0.384. The molecule has 7 heteroatoms. The van der Waals surface area contributed by atoms with Crippen molar-refractivity contribution in [3.8, 4) is 6.07 Å². The summed E-state index contributed by atoms with van der Waals surface area (Å²) in [7, 11) is 0. The summed E-state index contributed by atoms with van der Waals surface area (Å²) in [6, 6.07) is 6.15. The molecule has 0 aliphatic carbocycles. The van der Waals surface area contributed by atoms with Gasteiger partial charge >= 0.3 is 0 Å². The van der Waals surface area contributed by atoms with Crippen LogP contribution in [-0.4, -0.2) is 41.5 Å². The van der Waals surface area contributed by atoms with Crippen LogP contribution in [0.2, 0.25) is 0 Å². The highest BCUT2D eigenvalue weighted by Crippen LogP contribution is 2.20. The molecule has 1 atom stereocenters. The number of nitriles is 1. The third-order valence-corrected chi connectivity index (χ3v) is 3.16. The molecule has 1 heterocycles. The summed E-state index contributed by atoms with van der Waals surface area (Å²) in [5, 5.41) is 19.6. The van der Waals surface area contributed by atoms with Gasteiger partial charge in [-0.2, -0.15) is 5.26 Å². The summed E-state index contributed by atoms with van der Waals surface area (Å²) in [5.41, 5.74) is 0.836. The zero-order valence-corrected chi connectivity index (χ0v) is 10.9. The van der Waals surface area contributed by atoms with Crippen LogP contribution in [0.5, 0.6) is 0 Å². The highest BCUT2D eigenvalue weighted by molar-refractivity contribution is 5.96. The maximum absolute atomic E-state index is 12.4. The first-order chi connectivity index (χ1) is 9.52. The van der Waals surface area contributed by atoms with Crippen molar-refractivity contribution in [1.29, 1.82) is 5.26 Å². The fourth-order valence-electron chi connectivity index (χ4n) is 2.04. The summed E-state index contributed by atoms with van der Waals surface area (Å²) in [6.07, 6.45) is -0.647. The van der Waals surface area contributed by atoms with Gasteiger partial charge < -0.3 is 9.64 Å². The van der Waals surface area contributed by atoms with Gasteiger partial charge in [0.2, 0.25) is 0 Å². The van der Waals surface area contributed by atoms with Gasteiger partial charge in [-0.05, 0) is 12.5 Å². The van der Waals surface area contributed by atoms with Crippen molar-refractivity contribution in [2.75, 3.05) is 19.7 Å². The number of amides is 1. The monoisotopic (exact) mass is 275 g/mol. The fourth-order valence-corrected chi connectivity index (χ4v) is 2.04. The molecule has 104 valence electrons. The Balaban J connectivity index is 2.26. The van der Waals surface area contributed by atoms with Gasteiger partial charge in [-0.25, -0.2) is 0 Å². The number of aryl methyl sites for hydroxylation is 1. The smallest absolute Gasteiger partial charge is 0.270 e. The number of ether oxygens (including phenoxy) is 1. The second kappa shape index (κ2) is 5.67. The number of benzene rings is 1. The normalized spacial score (nSPS) is 18.4. The van der Waals surface area contributed by atoms with Crippen LogP contribution in [0.3, 0.4) is 0 Å². The van der Waals surface area contributed by atoms with Gasteiger partial charge in [-0.15, -0.1) is 0 Å². The van der Waals surface area contributed by atoms with Crippen LogP contribution in [0.15, 0.2) is 18.2 Å². The lowest BCUT2D eigenvalue weighted by Gasteiger charge is -2.30. The van der Waals surface area contributed by atoms with E-state index in [0.29, 0.717) is 12.1 Å². The Hall–Kier alpha value is -2.46. The summed E-state index contributed by atoms with van der Waals surface area (Å²) < 4.78 is 5.17. The van der Waals surface area contributed by atoms with Crippen LogP contribution in [0.4, 0.5) is 5.69 Å². The highest BCUT2D eigenvalue weighted by atomic mass is 16.6. The molecule has 0 spiro atoms. The molecular formula is C13H13N3O4. The van der Waals surface area contributed by atoms with Gasteiger partial charge in [0.05, 0.1) is 24.1 Å². The molecule has 1 aromatic rings. The van der Waals surface area contributed by atoms with Crippen molar-refractivity contribution in [2.45, 2.75) is 13.0 Å². The molecule has 2 rings (SSSR count). The Kier molecular flexibility index (Phi) is 3.96. The van der Waals surface area contributed by atoms with E-state index in [2.05, 4.69) is 0 Å². The molecule has 0 bridgehead atoms. The number of carbonyl (C=O) groups is 1. The minimum absolute atomic E-state index is 0.121. The number of carbonyl (C=O) groups excluding carboxylic acids is 1. The third-order valence-electron chi connectivity index (χ3n) is 3.16. The number of morpholine rings is 1. The first-order valence-corrected chi connectivity index (χ1v) is 6.08. The van der Waals surface area contributed by atoms with Crippen molar-refractivity contribution in [3.05, 3.63) is 39.4 Å². The molecular weight excluding hydrogens is 262 g/mol. The van der Waals surface area contributed by atoms with Crippen LogP contribution in [0, 0.1) is 28.4 Å². The summed E-state index contributed by atoms with van der Waals surface area (Å²) in [5.74, 6) is -0.310. The number of nitro groups is 1. The van der Waals surface area contributed by atoms with E-state index in [1.165, 1.54) is 17.0 Å². The number of non-ortho nitro benzene ring substituents is 1. The predicted octanol–water partition coefficient (Wildman–Crippen LogP) is 1.27. The van der Waals surface area contributed by atoms with Gasteiger partial charge in [0.25, 0.3) is 11.6 Å². The number of hydrogen-bond donors (Lipinski definition) is 0. The number of hydrogen-bond acceptors (Lipinski definition) is 5. The Morgan fingerprint density at radius 2 is 2.35 bits per heavy atom. The maximum Gasteiger partial charge on any atom is 0.270 e. The fraction of sp³-hybridized carbons (Fsp3) is 0.385. The molecule has 1 aliphatic rings. The SMILES string of the molecule is Cc1ccc([N+](=O)[O-])cc1C(=O)N1CCOC(C#N)C1. The molecule has 1 aromatic carbocycles. The quantitative estimate of drug-likeness (QED) is 0.598. The van der Waals surface area contributed by atoms with Crippen molar-refractivity contribution in [3.63, 3.8) is 0 Å². The minimum atomic E-state index is -0.647. The Bertz CT molecular complexity index is 594. The van der Waals surface area contributed by atoms with Crippen LogP contribution < -0.4 is 0 Å². The molecule has 1 aliphatic heterocycles. The molecule has 0 radical (unpaired) electrons. The summed E-state index contributed by atoms with van der Waals surface area (Å²) in [4.78, 5) is 24.1. The molecule has 1 unspecified atom stereocenters. The molecule has 0 saturated carbocycles. The first kappa shape index (κ1) is 14.0. The first-order valence-electron chi connectivity index (χ1n) is 6.08. The Morgan fingerprint density at radius 1 is 1.60 bits per heavy atom. The van der Waals surface area contributed by atoms with E-state index in [0.717, 1.165) is 0 Å². The highest BCUT2D eigenvalue weighted by Gasteiger charge is 2.26. The van der Waals surface area contributed by atoms with E-state index in [1.54, 1.807) is 13.0 Å². The zero-order chi connectivity index (χ0) is 14.7. The Morgan fingerprint density at radius 3 is 3.00 bits per heavy atom. The van der Waals surface area contributed by atoms with Crippen molar-refractivity contribution < 1.29 is 14.5 Å². The zero-order valence-electron chi connectivity index (χ0n) is 10.9. The van der Waals surface area contributed by atoms with Gasteiger partial charge in [-0.3, -0.25) is 14.9 Å². The number of nitrogens with zero attached hydrogens (tertiary/aromatic N) is 3. The van der Waals surface area contributed by atoms with E-state index in [4.69, 9.17) is 10.00 Å². The van der Waals surface area contributed by atoms with Gasteiger partial charge in [0.15, 0.2) is 6.10 Å². The van der Waals surface area contributed by atoms with E-state index in [-0.39, 0.29) is 30.3 Å². The summed E-state index contributed by atoms with van der Waals surface area (Å²) >= 11 is 0. The average molecular weight is 275 g/mol. The van der Waals surface area contributed by atoms with Crippen molar-refractivity contribution in [1.82, 2.24) is 4.90 Å². The molecule has 1 saturated heterocycles. The molecule has 20 heavy (non-hydrogen) atoms. The van der Waals surface area contributed by atoms with Crippen LogP contribution in [0.1, 0.15) is 15.9 Å². The van der Waals surface area contributed by atoms with E-state index >= 15 is 0 Å². The number of rotatable bonds is 2. The van der Waals surface area contributed by atoms with Crippen LogP contribution in [-0.2, 0) is 4.74 Å². The van der Waals surface area contributed by atoms with E-state index < -0.39 is 11.0 Å². The maximum atomic E-state index is 12.4. The van der Waals surface area contributed by atoms with Crippen LogP contribution >= 0.6 is 0 Å². The lowest BCUT2D eigenvalue weighted by atomic mass is 10.1. The Labute approximate surface area is 115 Å². The topological polar surface area (TPSA) is 96.5 Å². The molecule has 7 nitrogen and oxygen atoms in total. The molecule has 0 aromatic heterocycles. The molecule has 1 amide bonds. The predicted molar refractivity (Wildman–Crippen MR) is 69.1 cm³/mol. The molecule has 1 fully saturated rings. The average Bonchev–Trinajstić information content (AvgIpc) is 2.46. The third kappa shape index (κ3) is 2.75. The largest absolute Gasteiger partial charge is 0.360 e. The van der Waals surface area contributed by atoms with E-state index in [9.17, 15) is 14.9 Å². The summed E-state index contributed by atoms with van der Waals surface area (Å²) in [6.45, 7) is 2.56. The van der Waals surface area contributed by atoms with Gasteiger partial charge in [0.1, 0.15) is 0 Å². The van der Waals surface area contributed by atoms with Crippen molar-refractivity contribution >= 4 is 11.6 Å². The van der Waals surface area contributed by atoms with Crippen molar-refractivity contribution in [2.24, 2.45) is 0 Å². The second-order valence-corrected chi connectivity index (χ2v) is 4.50. The minimum Gasteiger partial charge on any atom is -0.360 e. The van der Waals surface area contributed by atoms with Gasteiger partial charge in [-0.1, -0.05) is 6.07 Å². The standard InChI is InChI=1S/C13H13N3O4/c1-9-2-3-10(16(18)19)6-12(9)13(17)15-4-5-20-11(7-14)8-15/h2-3,6,11H,4-5,8H2,1H3. The van der Waals surface area contributed by atoms with Crippen LogP contribution in [0.25, 0.3) is 0 Å². The lowest BCUT2D eigenvalue weighted by Crippen LogP contribution is -2.45. The van der Waals surface area contributed by atoms with Gasteiger partial charge in [0, 0.05) is 24.2 Å². The number of nitro benzene ring substituents is 1.